The molecule has 0 atom stereocenters. The number of benzene rings is 1. The summed E-state index contributed by atoms with van der Waals surface area (Å²) in [7, 11) is 1.88. The van der Waals surface area contributed by atoms with E-state index in [1.54, 1.807) is 11.3 Å². The maximum absolute atomic E-state index is 12.3. The van der Waals surface area contributed by atoms with E-state index in [1.807, 2.05) is 17.3 Å². The monoisotopic (exact) mass is 363 g/mol. The number of fused-ring (bicyclic) bond motifs is 1. The minimum absolute atomic E-state index is 0.178. The first-order valence-corrected chi connectivity index (χ1v) is 8.86. The molecule has 110 valence electrons. The summed E-state index contributed by atoms with van der Waals surface area (Å²) in [6.07, 6.45) is 4.10. The average molecular weight is 364 g/mol. The van der Waals surface area contributed by atoms with E-state index >= 15 is 0 Å². The van der Waals surface area contributed by atoms with Crippen LogP contribution in [0.3, 0.4) is 0 Å². The first kappa shape index (κ1) is 14.8. The van der Waals surface area contributed by atoms with Crippen LogP contribution >= 0.6 is 27.3 Å². The molecule has 0 saturated carbocycles. The zero-order valence-electron chi connectivity index (χ0n) is 12.1. The summed E-state index contributed by atoms with van der Waals surface area (Å²) in [5, 5.41) is 2.05. The quantitative estimate of drug-likeness (QED) is 0.796. The number of carbonyl (C=O) groups is 1. The number of hydrogen-bond donors (Lipinski definition) is 0. The van der Waals surface area contributed by atoms with Gasteiger partial charge >= 0.3 is 0 Å². The Labute approximate surface area is 137 Å². The number of likely N-dealkylation sites (N-methyl/N-ethyl adjacent to an activating group) is 1. The van der Waals surface area contributed by atoms with Crippen LogP contribution in [0, 0.1) is 0 Å². The van der Waals surface area contributed by atoms with Gasteiger partial charge in [-0.05, 0) is 57.9 Å². The second-order valence-electron chi connectivity index (χ2n) is 5.61. The molecule has 0 unspecified atom stereocenters. The number of nitrogens with zero attached hydrogens (tertiary/aromatic N) is 1. The van der Waals surface area contributed by atoms with E-state index in [-0.39, 0.29) is 5.91 Å². The van der Waals surface area contributed by atoms with E-state index in [2.05, 4.69) is 40.2 Å². The van der Waals surface area contributed by atoms with Crippen LogP contribution in [0.5, 0.6) is 0 Å². The van der Waals surface area contributed by atoms with E-state index in [1.165, 1.54) is 28.8 Å². The molecule has 1 aliphatic carbocycles. The van der Waals surface area contributed by atoms with E-state index < -0.39 is 0 Å². The van der Waals surface area contributed by atoms with Crippen LogP contribution in [-0.2, 0) is 30.6 Å². The second kappa shape index (κ2) is 6.32. The van der Waals surface area contributed by atoms with Crippen LogP contribution in [0.2, 0.25) is 0 Å². The normalized spacial score (nSPS) is 13.2. The van der Waals surface area contributed by atoms with Crippen LogP contribution in [0.1, 0.15) is 28.0 Å². The summed E-state index contributed by atoms with van der Waals surface area (Å²) in [6, 6.07) is 8.60. The maximum Gasteiger partial charge on any atom is 0.227 e. The molecular weight excluding hydrogens is 346 g/mol. The fourth-order valence-corrected chi connectivity index (χ4v) is 4.31. The van der Waals surface area contributed by atoms with Gasteiger partial charge in [-0.25, -0.2) is 0 Å². The predicted molar refractivity (Wildman–Crippen MR) is 90.7 cm³/mol. The van der Waals surface area contributed by atoms with Gasteiger partial charge < -0.3 is 4.90 Å². The van der Waals surface area contributed by atoms with Gasteiger partial charge in [-0.3, -0.25) is 4.79 Å². The number of thiophene rings is 1. The van der Waals surface area contributed by atoms with Crippen molar-refractivity contribution in [3.63, 3.8) is 0 Å². The molecule has 0 saturated heterocycles. The first-order valence-electron chi connectivity index (χ1n) is 7.19. The van der Waals surface area contributed by atoms with Crippen molar-refractivity contribution in [3.8, 4) is 0 Å². The predicted octanol–water partition coefficient (Wildman–Crippen LogP) is 4.20. The van der Waals surface area contributed by atoms with Gasteiger partial charge in [-0.15, -0.1) is 11.3 Å². The highest BCUT2D eigenvalue weighted by Gasteiger charge is 2.14. The number of amides is 1. The van der Waals surface area contributed by atoms with Gasteiger partial charge in [-0.1, -0.05) is 18.2 Å². The fraction of sp³-hybridized carbons (Fsp3) is 0.353. The summed E-state index contributed by atoms with van der Waals surface area (Å²) < 4.78 is 1.09. The van der Waals surface area contributed by atoms with E-state index in [0.29, 0.717) is 13.0 Å². The lowest BCUT2D eigenvalue weighted by atomic mass is 10.0. The van der Waals surface area contributed by atoms with Crippen LogP contribution in [0.15, 0.2) is 34.1 Å². The number of aryl methyl sites for hydroxylation is 2. The minimum atomic E-state index is 0.178. The van der Waals surface area contributed by atoms with E-state index in [9.17, 15) is 4.79 Å². The van der Waals surface area contributed by atoms with Crippen molar-refractivity contribution in [1.82, 2.24) is 4.90 Å². The molecule has 0 aliphatic heterocycles. The Morgan fingerprint density at radius 1 is 1.29 bits per heavy atom. The molecule has 4 heteroatoms. The van der Waals surface area contributed by atoms with Gasteiger partial charge in [0.05, 0.1) is 13.0 Å². The van der Waals surface area contributed by atoms with Crippen molar-refractivity contribution in [3.05, 3.63) is 55.7 Å². The minimum Gasteiger partial charge on any atom is -0.340 e. The number of halogens is 1. The standard InChI is InChI=1S/C17H18BrNOS/c1-19(10-16-9-15(18)11-21-16)17(20)8-12-5-6-13-3-2-4-14(13)7-12/h5-7,9,11H,2-4,8,10H2,1H3. The van der Waals surface area contributed by atoms with Gasteiger partial charge in [0.25, 0.3) is 0 Å². The lowest BCUT2D eigenvalue weighted by molar-refractivity contribution is -0.129. The zero-order chi connectivity index (χ0) is 14.8. The van der Waals surface area contributed by atoms with Crippen molar-refractivity contribution >= 4 is 33.2 Å². The third-order valence-corrected chi connectivity index (χ3v) is 5.64. The molecule has 0 fully saturated rings. The average Bonchev–Trinajstić information content (AvgIpc) is 3.07. The maximum atomic E-state index is 12.3. The molecule has 0 bridgehead atoms. The fourth-order valence-electron chi connectivity index (χ4n) is 2.80. The summed E-state index contributed by atoms with van der Waals surface area (Å²) in [6.45, 7) is 0.681. The first-order chi connectivity index (χ1) is 10.1. The highest BCUT2D eigenvalue weighted by molar-refractivity contribution is 9.10. The lowest BCUT2D eigenvalue weighted by Gasteiger charge is -2.16. The summed E-state index contributed by atoms with van der Waals surface area (Å²) in [4.78, 5) is 15.4. The third kappa shape index (κ3) is 3.55. The molecule has 2 nitrogen and oxygen atoms in total. The Morgan fingerprint density at radius 3 is 2.86 bits per heavy atom. The van der Waals surface area contributed by atoms with Gasteiger partial charge in [0, 0.05) is 21.8 Å². The third-order valence-electron chi connectivity index (χ3n) is 3.96. The molecule has 2 aromatic rings. The Balaban J connectivity index is 1.63. The topological polar surface area (TPSA) is 20.3 Å². The van der Waals surface area contributed by atoms with E-state index in [4.69, 9.17) is 0 Å². The molecule has 0 N–H and O–H groups in total. The zero-order valence-corrected chi connectivity index (χ0v) is 14.5. The Morgan fingerprint density at radius 2 is 2.10 bits per heavy atom. The molecule has 1 aromatic carbocycles. The van der Waals surface area contributed by atoms with Crippen LogP contribution in [0.25, 0.3) is 0 Å². The van der Waals surface area contributed by atoms with Gasteiger partial charge in [-0.2, -0.15) is 0 Å². The highest BCUT2D eigenvalue weighted by Crippen LogP contribution is 2.24. The van der Waals surface area contributed by atoms with Crippen molar-refractivity contribution < 1.29 is 4.79 Å². The van der Waals surface area contributed by atoms with Gasteiger partial charge in [0.2, 0.25) is 5.91 Å². The van der Waals surface area contributed by atoms with Crippen LogP contribution in [0.4, 0.5) is 0 Å². The largest absolute Gasteiger partial charge is 0.340 e. The molecule has 1 aromatic heterocycles. The van der Waals surface area contributed by atoms with Gasteiger partial charge in [0.15, 0.2) is 0 Å². The van der Waals surface area contributed by atoms with Crippen molar-refractivity contribution in [2.24, 2.45) is 0 Å². The molecule has 3 rings (SSSR count). The van der Waals surface area contributed by atoms with E-state index in [0.717, 1.165) is 16.5 Å². The molecule has 0 spiro atoms. The van der Waals surface area contributed by atoms with Gasteiger partial charge in [0.1, 0.15) is 0 Å². The molecule has 1 aliphatic rings. The SMILES string of the molecule is CN(Cc1cc(Br)cs1)C(=O)Cc1ccc2c(c1)CCC2. The Kier molecular flexibility index (Phi) is 4.45. The van der Waals surface area contributed by atoms with Crippen LogP contribution < -0.4 is 0 Å². The number of hydrogen-bond acceptors (Lipinski definition) is 2. The molecule has 0 radical (unpaired) electrons. The molecule has 21 heavy (non-hydrogen) atoms. The Hall–Kier alpha value is -1.13. The van der Waals surface area contributed by atoms with Crippen LogP contribution in [-0.4, -0.2) is 17.9 Å². The van der Waals surface area contributed by atoms with Crippen molar-refractivity contribution in [2.75, 3.05) is 7.05 Å². The number of carbonyl (C=O) groups excluding carboxylic acids is 1. The molecular formula is C17H18BrNOS. The number of rotatable bonds is 4. The van der Waals surface area contributed by atoms with Crippen molar-refractivity contribution in [2.45, 2.75) is 32.2 Å². The molecule has 1 heterocycles. The molecule has 1 amide bonds. The van der Waals surface area contributed by atoms with Crippen molar-refractivity contribution in [1.29, 1.82) is 0 Å². The Bertz CT molecular complexity index is 665. The summed E-state index contributed by atoms with van der Waals surface area (Å²) in [5.74, 6) is 0.178. The summed E-state index contributed by atoms with van der Waals surface area (Å²) in [5.41, 5.74) is 4.04. The highest BCUT2D eigenvalue weighted by atomic mass is 79.9. The summed E-state index contributed by atoms with van der Waals surface area (Å²) >= 11 is 5.13. The lowest BCUT2D eigenvalue weighted by Crippen LogP contribution is -2.27. The smallest absolute Gasteiger partial charge is 0.227 e. The second-order valence-corrected chi connectivity index (χ2v) is 7.53.